The van der Waals surface area contributed by atoms with Gasteiger partial charge in [-0.25, -0.2) is 0 Å². The molecule has 1 aliphatic rings. The maximum absolute atomic E-state index is 12.7. The molecule has 1 aromatic carbocycles. The van der Waals surface area contributed by atoms with Gasteiger partial charge in [0.1, 0.15) is 11.8 Å². The van der Waals surface area contributed by atoms with E-state index in [1.54, 1.807) is 24.1 Å². The number of carbonyl (C=O) groups is 3. The Balaban J connectivity index is 2.30. The normalized spacial score (nSPS) is 20.7. The van der Waals surface area contributed by atoms with Crippen LogP contribution in [-0.2, 0) is 14.4 Å². The van der Waals surface area contributed by atoms with Gasteiger partial charge in [-0.3, -0.25) is 14.4 Å². The molecule has 0 aliphatic carbocycles. The summed E-state index contributed by atoms with van der Waals surface area (Å²) in [5.74, 6) is -1.52. The van der Waals surface area contributed by atoms with E-state index in [-0.39, 0.29) is 12.3 Å². The fourth-order valence-corrected chi connectivity index (χ4v) is 3.21. The highest BCUT2D eigenvalue weighted by Crippen LogP contribution is 2.39. The van der Waals surface area contributed by atoms with E-state index in [2.05, 4.69) is 5.32 Å². The summed E-state index contributed by atoms with van der Waals surface area (Å²) >= 11 is 0. The second-order valence-corrected chi connectivity index (χ2v) is 6.54. The van der Waals surface area contributed by atoms with E-state index in [0.29, 0.717) is 12.3 Å². The summed E-state index contributed by atoms with van der Waals surface area (Å²) in [5, 5.41) is 11.5. The second-order valence-electron chi connectivity index (χ2n) is 6.54. The molecule has 7 nitrogen and oxygen atoms in total. The highest BCUT2D eigenvalue weighted by molar-refractivity contribution is 5.92. The van der Waals surface area contributed by atoms with Gasteiger partial charge in [-0.05, 0) is 31.0 Å². The average molecular weight is 362 g/mol. The van der Waals surface area contributed by atoms with Crippen molar-refractivity contribution in [1.82, 2.24) is 10.2 Å². The average Bonchev–Trinajstić information content (AvgIpc) is 2.96. The molecule has 2 N–H and O–H groups in total. The number of aliphatic carboxylic acids is 1. The summed E-state index contributed by atoms with van der Waals surface area (Å²) in [5.41, 5.74) is 0.843. The van der Waals surface area contributed by atoms with Crippen molar-refractivity contribution in [3.63, 3.8) is 0 Å². The Kier molecular flexibility index (Phi) is 6.60. The first-order chi connectivity index (χ1) is 12.4. The molecule has 0 bridgehead atoms. The first-order valence-electron chi connectivity index (χ1n) is 8.85. The standard InChI is InChI=1S/C19H26N2O5/c1-4-5-10-21-16(22)11-15(18(23)20-12(2)19(24)25)17(21)13-6-8-14(26-3)9-7-13/h6-9,12,15,17H,4-5,10-11H2,1-3H3,(H,20,23)(H,24,25). The van der Waals surface area contributed by atoms with Crippen molar-refractivity contribution in [2.75, 3.05) is 13.7 Å². The van der Waals surface area contributed by atoms with Gasteiger partial charge >= 0.3 is 5.97 Å². The van der Waals surface area contributed by atoms with Crippen LogP contribution in [0.25, 0.3) is 0 Å². The molecular formula is C19H26N2O5. The van der Waals surface area contributed by atoms with Gasteiger partial charge in [-0.1, -0.05) is 25.5 Å². The molecule has 1 saturated heterocycles. The van der Waals surface area contributed by atoms with Crippen molar-refractivity contribution < 1.29 is 24.2 Å². The highest BCUT2D eigenvalue weighted by Gasteiger charge is 2.44. The lowest BCUT2D eigenvalue weighted by Gasteiger charge is -2.28. The fourth-order valence-electron chi connectivity index (χ4n) is 3.21. The van der Waals surface area contributed by atoms with Crippen molar-refractivity contribution >= 4 is 17.8 Å². The zero-order valence-corrected chi connectivity index (χ0v) is 15.4. The number of nitrogens with zero attached hydrogens (tertiary/aromatic N) is 1. The van der Waals surface area contributed by atoms with Crippen LogP contribution in [0.3, 0.4) is 0 Å². The van der Waals surface area contributed by atoms with Crippen molar-refractivity contribution in [2.45, 2.75) is 45.2 Å². The Morgan fingerprint density at radius 2 is 2.00 bits per heavy atom. The number of ether oxygens (including phenoxy) is 1. The van der Waals surface area contributed by atoms with Gasteiger partial charge in [0.15, 0.2) is 0 Å². The van der Waals surface area contributed by atoms with Crippen LogP contribution < -0.4 is 10.1 Å². The molecule has 142 valence electrons. The lowest BCUT2D eigenvalue weighted by atomic mass is 9.92. The molecule has 3 atom stereocenters. The monoisotopic (exact) mass is 362 g/mol. The quantitative estimate of drug-likeness (QED) is 0.737. The minimum Gasteiger partial charge on any atom is -0.497 e. The van der Waals surface area contributed by atoms with Gasteiger partial charge in [0, 0.05) is 13.0 Å². The molecular weight excluding hydrogens is 336 g/mol. The van der Waals surface area contributed by atoms with E-state index < -0.39 is 29.9 Å². The van der Waals surface area contributed by atoms with Gasteiger partial charge in [0.05, 0.1) is 19.1 Å². The van der Waals surface area contributed by atoms with Crippen molar-refractivity contribution in [3.05, 3.63) is 29.8 Å². The number of nitrogens with one attached hydrogen (secondary N) is 1. The van der Waals surface area contributed by atoms with E-state index in [9.17, 15) is 14.4 Å². The predicted octanol–water partition coefficient (Wildman–Crippen LogP) is 1.97. The first kappa shape index (κ1) is 19.8. The molecule has 0 radical (unpaired) electrons. The molecule has 2 rings (SSSR count). The van der Waals surface area contributed by atoms with Crippen molar-refractivity contribution in [3.8, 4) is 5.75 Å². The van der Waals surface area contributed by atoms with Crippen LogP contribution in [0.2, 0.25) is 0 Å². The zero-order valence-electron chi connectivity index (χ0n) is 15.4. The van der Waals surface area contributed by atoms with Gasteiger partial charge < -0.3 is 20.1 Å². The van der Waals surface area contributed by atoms with Gasteiger partial charge in [-0.15, -0.1) is 0 Å². The lowest BCUT2D eigenvalue weighted by molar-refractivity contribution is -0.142. The van der Waals surface area contributed by atoms with Crippen LogP contribution in [0, 0.1) is 5.92 Å². The molecule has 0 aromatic heterocycles. The molecule has 1 aromatic rings. The minimum absolute atomic E-state index is 0.0811. The summed E-state index contributed by atoms with van der Waals surface area (Å²) in [7, 11) is 1.57. The van der Waals surface area contributed by atoms with E-state index >= 15 is 0 Å². The number of carboxylic acid groups (broad SMARTS) is 1. The van der Waals surface area contributed by atoms with Gasteiger partial charge in [-0.2, -0.15) is 0 Å². The summed E-state index contributed by atoms with van der Waals surface area (Å²) < 4.78 is 5.17. The SMILES string of the molecule is CCCCN1C(=O)CC(C(=O)NC(C)C(=O)O)C1c1ccc(OC)cc1. The van der Waals surface area contributed by atoms with E-state index in [1.807, 2.05) is 19.1 Å². The lowest BCUT2D eigenvalue weighted by Crippen LogP contribution is -2.43. The number of methoxy groups -OCH3 is 1. The number of likely N-dealkylation sites (tertiary alicyclic amines) is 1. The fraction of sp³-hybridized carbons (Fsp3) is 0.526. The molecule has 0 saturated carbocycles. The summed E-state index contributed by atoms with van der Waals surface area (Å²) in [4.78, 5) is 38.0. The molecule has 1 fully saturated rings. The number of hydrogen-bond donors (Lipinski definition) is 2. The summed E-state index contributed by atoms with van der Waals surface area (Å²) in [6.07, 6.45) is 1.86. The Morgan fingerprint density at radius 3 is 2.54 bits per heavy atom. The first-order valence-corrected chi connectivity index (χ1v) is 8.85. The second kappa shape index (κ2) is 8.69. The predicted molar refractivity (Wildman–Crippen MR) is 95.7 cm³/mol. The van der Waals surface area contributed by atoms with Crippen LogP contribution >= 0.6 is 0 Å². The van der Waals surface area contributed by atoms with Crippen LogP contribution in [0.4, 0.5) is 0 Å². The molecule has 1 heterocycles. The number of carboxylic acids is 1. The molecule has 3 unspecified atom stereocenters. The molecule has 2 amide bonds. The molecule has 1 aliphatic heterocycles. The van der Waals surface area contributed by atoms with Crippen molar-refractivity contribution in [1.29, 1.82) is 0 Å². The molecule has 0 spiro atoms. The number of carbonyl (C=O) groups excluding carboxylic acids is 2. The number of rotatable bonds is 8. The molecule has 26 heavy (non-hydrogen) atoms. The zero-order chi connectivity index (χ0) is 19.3. The van der Waals surface area contributed by atoms with Crippen LogP contribution in [0.15, 0.2) is 24.3 Å². The third-order valence-electron chi connectivity index (χ3n) is 4.71. The highest BCUT2D eigenvalue weighted by atomic mass is 16.5. The Labute approximate surface area is 153 Å². The van der Waals surface area contributed by atoms with Crippen molar-refractivity contribution in [2.24, 2.45) is 5.92 Å². The smallest absolute Gasteiger partial charge is 0.325 e. The maximum atomic E-state index is 12.7. The van der Waals surface area contributed by atoms with E-state index in [1.165, 1.54) is 6.92 Å². The number of hydrogen-bond acceptors (Lipinski definition) is 4. The summed E-state index contributed by atoms with van der Waals surface area (Å²) in [6.45, 7) is 4.03. The maximum Gasteiger partial charge on any atom is 0.325 e. The minimum atomic E-state index is -1.11. The third kappa shape index (κ3) is 4.33. The van der Waals surface area contributed by atoms with E-state index in [0.717, 1.165) is 18.4 Å². The van der Waals surface area contributed by atoms with Crippen LogP contribution in [0.1, 0.15) is 44.7 Å². The number of amides is 2. The third-order valence-corrected chi connectivity index (χ3v) is 4.71. The number of benzene rings is 1. The van der Waals surface area contributed by atoms with Gasteiger partial charge in [0.2, 0.25) is 11.8 Å². The Hall–Kier alpha value is -2.57. The van der Waals surface area contributed by atoms with Crippen LogP contribution in [0.5, 0.6) is 5.75 Å². The van der Waals surface area contributed by atoms with E-state index in [4.69, 9.17) is 9.84 Å². The molecule has 7 heteroatoms. The Bertz CT molecular complexity index is 658. The van der Waals surface area contributed by atoms with Crippen LogP contribution in [-0.4, -0.2) is 47.5 Å². The van der Waals surface area contributed by atoms with Gasteiger partial charge in [0.25, 0.3) is 0 Å². The Morgan fingerprint density at radius 1 is 1.35 bits per heavy atom. The summed E-state index contributed by atoms with van der Waals surface area (Å²) in [6, 6.07) is 5.89. The topological polar surface area (TPSA) is 95.9 Å². The number of unbranched alkanes of at least 4 members (excludes halogenated alkanes) is 1. The largest absolute Gasteiger partial charge is 0.497 e.